The van der Waals surface area contributed by atoms with Gasteiger partial charge >= 0.3 is 0 Å². The summed E-state index contributed by atoms with van der Waals surface area (Å²) < 4.78 is 5.19. The molecule has 2 atom stereocenters. The van der Waals surface area contributed by atoms with E-state index in [4.69, 9.17) is 4.74 Å². The van der Waals surface area contributed by atoms with E-state index in [1.54, 1.807) is 0 Å². The van der Waals surface area contributed by atoms with Gasteiger partial charge in [0.2, 0.25) is 0 Å². The third-order valence-electron chi connectivity index (χ3n) is 2.72. The number of thioether (sulfide) groups is 1. The van der Waals surface area contributed by atoms with Crippen LogP contribution in [0, 0.1) is 0 Å². The van der Waals surface area contributed by atoms with Gasteiger partial charge in [0.1, 0.15) is 0 Å². The van der Waals surface area contributed by atoms with Crippen LogP contribution in [0.15, 0.2) is 0 Å². The van der Waals surface area contributed by atoms with Crippen molar-refractivity contribution in [2.24, 2.45) is 0 Å². The topological polar surface area (TPSA) is 41.5 Å². The van der Waals surface area contributed by atoms with Gasteiger partial charge in [-0.3, -0.25) is 0 Å². The van der Waals surface area contributed by atoms with Crippen molar-refractivity contribution in [1.29, 1.82) is 0 Å². The third kappa shape index (κ3) is 2.59. The lowest BCUT2D eigenvalue weighted by atomic mass is 10.1. The Balaban J connectivity index is 1.75. The predicted molar refractivity (Wildman–Crippen MR) is 54.1 cm³/mol. The number of hydrogen-bond acceptors (Lipinski definition) is 4. The highest BCUT2D eigenvalue weighted by atomic mass is 32.2. The lowest BCUT2D eigenvalue weighted by Crippen LogP contribution is -2.46. The van der Waals surface area contributed by atoms with Gasteiger partial charge in [-0.1, -0.05) is 0 Å². The zero-order valence-electron chi connectivity index (χ0n) is 7.74. The van der Waals surface area contributed by atoms with E-state index >= 15 is 0 Å². The van der Waals surface area contributed by atoms with E-state index in [2.05, 4.69) is 5.32 Å². The summed E-state index contributed by atoms with van der Waals surface area (Å²) in [6.45, 7) is 1.17. The van der Waals surface area contributed by atoms with Crippen molar-refractivity contribution < 1.29 is 9.84 Å². The van der Waals surface area contributed by atoms with Crippen LogP contribution < -0.4 is 5.32 Å². The van der Waals surface area contributed by atoms with Crippen molar-refractivity contribution >= 4 is 11.8 Å². The van der Waals surface area contributed by atoms with Gasteiger partial charge in [-0.05, 0) is 24.3 Å². The first-order valence-electron chi connectivity index (χ1n) is 4.96. The fraction of sp³-hybridized carbons (Fsp3) is 1.00. The monoisotopic (exact) mass is 203 g/mol. The maximum absolute atomic E-state index is 9.53. The van der Waals surface area contributed by atoms with Crippen LogP contribution in [0.3, 0.4) is 0 Å². The standard InChI is InChI=1S/C9H17NO2S/c11-9-6-12-5-8(9)10-7-1-3-13-4-2-7/h7-11H,1-6H2. The summed E-state index contributed by atoms with van der Waals surface area (Å²) in [6, 6.07) is 0.774. The zero-order chi connectivity index (χ0) is 9.10. The molecule has 0 aromatic rings. The van der Waals surface area contributed by atoms with Crippen molar-refractivity contribution in [1.82, 2.24) is 5.32 Å². The Morgan fingerprint density at radius 1 is 1.23 bits per heavy atom. The summed E-state index contributed by atoms with van der Waals surface area (Å²) in [7, 11) is 0. The average molecular weight is 203 g/mol. The number of nitrogens with one attached hydrogen (secondary N) is 1. The van der Waals surface area contributed by atoms with E-state index in [0.717, 1.165) is 0 Å². The Hall–Kier alpha value is 0.230. The molecule has 0 amide bonds. The first-order chi connectivity index (χ1) is 6.36. The van der Waals surface area contributed by atoms with Gasteiger partial charge in [0, 0.05) is 6.04 Å². The van der Waals surface area contributed by atoms with E-state index in [-0.39, 0.29) is 12.1 Å². The van der Waals surface area contributed by atoms with E-state index in [0.29, 0.717) is 19.3 Å². The van der Waals surface area contributed by atoms with Gasteiger partial charge in [0.25, 0.3) is 0 Å². The number of rotatable bonds is 2. The van der Waals surface area contributed by atoms with Crippen LogP contribution in [0.2, 0.25) is 0 Å². The SMILES string of the molecule is OC1COCC1NC1CCSCC1. The highest BCUT2D eigenvalue weighted by Crippen LogP contribution is 2.18. The molecular formula is C9H17NO2S. The van der Waals surface area contributed by atoms with Crippen LogP contribution in [-0.2, 0) is 4.74 Å². The zero-order valence-corrected chi connectivity index (χ0v) is 8.55. The van der Waals surface area contributed by atoms with Crippen molar-refractivity contribution in [3.05, 3.63) is 0 Å². The Morgan fingerprint density at radius 2 is 2.00 bits per heavy atom. The second-order valence-electron chi connectivity index (χ2n) is 3.76. The number of aliphatic hydroxyl groups is 1. The van der Waals surface area contributed by atoms with E-state index in [1.165, 1.54) is 24.3 Å². The first-order valence-corrected chi connectivity index (χ1v) is 6.11. The molecule has 0 aromatic carbocycles. The number of hydrogen-bond donors (Lipinski definition) is 2. The predicted octanol–water partition coefficient (Wildman–Crippen LogP) is 0.231. The molecule has 13 heavy (non-hydrogen) atoms. The maximum Gasteiger partial charge on any atom is 0.0948 e. The minimum Gasteiger partial charge on any atom is -0.389 e. The van der Waals surface area contributed by atoms with Gasteiger partial charge in [0.05, 0.1) is 25.4 Å². The lowest BCUT2D eigenvalue weighted by molar-refractivity contribution is 0.121. The largest absolute Gasteiger partial charge is 0.389 e. The minimum atomic E-state index is -0.297. The lowest BCUT2D eigenvalue weighted by Gasteiger charge is -2.26. The number of ether oxygens (including phenoxy) is 1. The molecule has 0 bridgehead atoms. The molecular weight excluding hydrogens is 186 g/mol. The average Bonchev–Trinajstić information content (AvgIpc) is 2.54. The van der Waals surface area contributed by atoms with Gasteiger partial charge in [-0.15, -0.1) is 0 Å². The molecule has 0 aliphatic carbocycles. The molecule has 2 aliphatic rings. The fourth-order valence-corrected chi connectivity index (χ4v) is 2.98. The van der Waals surface area contributed by atoms with Crippen LogP contribution in [0.4, 0.5) is 0 Å². The molecule has 2 heterocycles. The molecule has 76 valence electrons. The number of aliphatic hydroxyl groups excluding tert-OH is 1. The smallest absolute Gasteiger partial charge is 0.0948 e. The van der Waals surface area contributed by atoms with Gasteiger partial charge in [-0.2, -0.15) is 11.8 Å². The molecule has 2 saturated heterocycles. The molecule has 0 spiro atoms. The second kappa shape index (κ2) is 4.64. The van der Waals surface area contributed by atoms with Crippen LogP contribution in [0.25, 0.3) is 0 Å². The fourth-order valence-electron chi connectivity index (χ4n) is 1.87. The molecule has 2 N–H and O–H groups in total. The van der Waals surface area contributed by atoms with Gasteiger partial charge in [0.15, 0.2) is 0 Å². The summed E-state index contributed by atoms with van der Waals surface area (Å²) in [5.74, 6) is 2.50. The molecule has 0 saturated carbocycles. The van der Waals surface area contributed by atoms with Crippen LogP contribution >= 0.6 is 11.8 Å². The maximum atomic E-state index is 9.53. The molecule has 0 radical (unpaired) electrons. The Kier molecular flexibility index (Phi) is 3.49. The molecule has 0 aromatic heterocycles. The molecule has 2 rings (SSSR count). The Bertz CT molecular complexity index is 162. The minimum absolute atomic E-state index is 0.174. The highest BCUT2D eigenvalue weighted by Gasteiger charge is 2.28. The molecule has 3 nitrogen and oxygen atoms in total. The van der Waals surface area contributed by atoms with Crippen LogP contribution in [0.1, 0.15) is 12.8 Å². The summed E-state index contributed by atoms with van der Waals surface area (Å²) in [6.07, 6.45) is 2.16. The summed E-state index contributed by atoms with van der Waals surface area (Å²) in [5.41, 5.74) is 0. The summed E-state index contributed by atoms with van der Waals surface area (Å²) in [5, 5.41) is 13.0. The summed E-state index contributed by atoms with van der Waals surface area (Å²) >= 11 is 2.02. The van der Waals surface area contributed by atoms with Crippen molar-refractivity contribution in [3.8, 4) is 0 Å². The normalized spacial score (nSPS) is 36.7. The highest BCUT2D eigenvalue weighted by molar-refractivity contribution is 7.99. The van der Waals surface area contributed by atoms with E-state index < -0.39 is 0 Å². The molecule has 2 unspecified atom stereocenters. The molecule has 2 aliphatic heterocycles. The van der Waals surface area contributed by atoms with Gasteiger partial charge in [-0.25, -0.2) is 0 Å². The van der Waals surface area contributed by atoms with Crippen molar-refractivity contribution in [2.75, 3.05) is 24.7 Å². The first kappa shape index (κ1) is 9.77. The van der Waals surface area contributed by atoms with Gasteiger partial charge < -0.3 is 15.2 Å². The quantitative estimate of drug-likeness (QED) is 0.674. The van der Waals surface area contributed by atoms with Crippen molar-refractivity contribution in [3.63, 3.8) is 0 Å². The van der Waals surface area contributed by atoms with Crippen LogP contribution in [-0.4, -0.2) is 48.0 Å². The molecule has 2 fully saturated rings. The van der Waals surface area contributed by atoms with E-state index in [1.807, 2.05) is 11.8 Å². The summed E-state index contributed by atoms with van der Waals surface area (Å²) in [4.78, 5) is 0. The molecule has 4 heteroatoms. The van der Waals surface area contributed by atoms with Crippen molar-refractivity contribution in [2.45, 2.75) is 31.0 Å². The Labute approximate surface area is 83.2 Å². The van der Waals surface area contributed by atoms with E-state index in [9.17, 15) is 5.11 Å². The van der Waals surface area contributed by atoms with Crippen LogP contribution in [0.5, 0.6) is 0 Å². The second-order valence-corrected chi connectivity index (χ2v) is 4.99. The third-order valence-corrected chi connectivity index (χ3v) is 3.77. The Morgan fingerprint density at radius 3 is 2.62 bits per heavy atom.